The third-order valence-electron chi connectivity index (χ3n) is 8.48. The van der Waals surface area contributed by atoms with Crippen LogP contribution in [0.15, 0.2) is 89.6 Å². The summed E-state index contributed by atoms with van der Waals surface area (Å²) in [6, 6.07) is 11.9. The molecule has 1 fully saturated rings. The molecule has 0 spiro atoms. The van der Waals surface area contributed by atoms with E-state index in [1.54, 1.807) is 49.4 Å². The fourth-order valence-electron chi connectivity index (χ4n) is 6.73. The molecule has 2 amide bonds. The maximum absolute atomic E-state index is 13.9. The first-order valence-corrected chi connectivity index (χ1v) is 13.4. The molecule has 0 aromatic heterocycles. The van der Waals surface area contributed by atoms with E-state index in [0.717, 1.165) is 5.57 Å². The van der Waals surface area contributed by atoms with Crippen LogP contribution in [0, 0.1) is 17.8 Å². The van der Waals surface area contributed by atoms with Crippen molar-refractivity contribution in [2.75, 3.05) is 4.90 Å². The lowest BCUT2D eigenvalue weighted by Crippen LogP contribution is -2.39. The van der Waals surface area contributed by atoms with Gasteiger partial charge in [0.1, 0.15) is 5.75 Å². The number of para-hydroxylation sites is 1. The Kier molecular flexibility index (Phi) is 6.03. The Hall–Kier alpha value is -4.03. The van der Waals surface area contributed by atoms with Crippen LogP contribution in [0.3, 0.4) is 0 Å². The molecule has 1 saturated heterocycles. The smallest absolute Gasteiger partial charge is 0.238 e. The quantitative estimate of drug-likeness (QED) is 0.319. The van der Waals surface area contributed by atoms with Gasteiger partial charge in [0.2, 0.25) is 11.8 Å². The fraction of sp³-hybridized carbons (Fsp3) is 0.250. The van der Waals surface area contributed by atoms with Gasteiger partial charge in [0.25, 0.3) is 0 Å². The molecule has 6 nitrogen and oxygen atoms in total. The SMILES string of the molecule is C=CCc1cccc(C2C3=CCC4C(=O)N(c5ccc(Cl)cc5)C(=O)C4C3CC3=C2C(=O)C(C)=CC3=O)c1O. The van der Waals surface area contributed by atoms with Crippen molar-refractivity contribution in [2.24, 2.45) is 17.8 Å². The molecule has 196 valence electrons. The first-order valence-electron chi connectivity index (χ1n) is 13.0. The Labute approximate surface area is 231 Å². The van der Waals surface area contributed by atoms with E-state index in [0.29, 0.717) is 51.4 Å². The second kappa shape index (κ2) is 9.31. The number of amides is 2. The van der Waals surface area contributed by atoms with Crippen LogP contribution in [-0.4, -0.2) is 28.5 Å². The Bertz CT molecular complexity index is 1580. The number of hydrogen-bond acceptors (Lipinski definition) is 5. The second-order valence-electron chi connectivity index (χ2n) is 10.6. The number of ketones is 2. The van der Waals surface area contributed by atoms with Crippen LogP contribution in [0.5, 0.6) is 5.75 Å². The van der Waals surface area contributed by atoms with Gasteiger partial charge in [-0.15, -0.1) is 6.58 Å². The van der Waals surface area contributed by atoms with Gasteiger partial charge in [0.05, 0.1) is 17.5 Å². The molecule has 1 aliphatic heterocycles. The molecule has 4 atom stereocenters. The molecule has 1 N–H and O–H groups in total. The van der Waals surface area contributed by atoms with E-state index in [1.807, 2.05) is 12.1 Å². The van der Waals surface area contributed by atoms with Gasteiger partial charge in [-0.1, -0.05) is 47.5 Å². The van der Waals surface area contributed by atoms with Crippen molar-refractivity contribution in [1.82, 2.24) is 0 Å². The number of carbonyl (C=O) groups excluding carboxylic acids is 4. The lowest BCUT2D eigenvalue weighted by molar-refractivity contribution is -0.123. The van der Waals surface area contributed by atoms with Gasteiger partial charge in [0, 0.05) is 33.2 Å². The first-order chi connectivity index (χ1) is 18.7. The van der Waals surface area contributed by atoms with Crippen LogP contribution in [0.4, 0.5) is 5.69 Å². The van der Waals surface area contributed by atoms with Crippen LogP contribution in [0.2, 0.25) is 5.02 Å². The van der Waals surface area contributed by atoms with Crippen LogP contribution >= 0.6 is 11.6 Å². The molecule has 2 aromatic carbocycles. The zero-order valence-corrected chi connectivity index (χ0v) is 22.1. The standard InChI is InChI=1S/C32H26ClNO5/c1-3-5-17-6-4-7-21(30(17)37)26-20-12-13-22-27(23(20)15-24-25(35)14-16(2)29(36)28(24)26)32(39)34(31(22)38)19-10-8-18(33)9-11-19/h3-4,6-12,14,22-23,26-27,37H,1,5,13,15H2,2H3. The van der Waals surface area contributed by atoms with Gasteiger partial charge >= 0.3 is 0 Å². The number of rotatable bonds is 4. The second-order valence-corrected chi connectivity index (χ2v) is 11.0. The molecule has 0 radical (unpaired) electrons. The molecule has 4 unspecified atom stereocenters. The Morgan fingerprint density at radius 3 is 2.51 bits per heavy atom. The van der Waals surface area contributed by atoms with Crippen molar-refractivity contribution >= 4 is 40.7 Å². The largest absolute Gasteiger partial charge is 0.507 e. The minimum absolute atomic E-state index is 0.0435. The molecule has 3 aliphatic carbocycles. The summed E-state index contributed by atoms with van der Waals surface area (Å²) in [4.78, 5) is 55.5. The number of benzene rings is 2. The number of fused-ring (bicyclic) bond motifs is 3. The summed E-state index contributed by atoms with van der Waals surface area (Å²) in [5, 5.41) is 11.8. The third kappa shape index (κ3) is 3.77. The topological polar surface area (TPSA) is 91.8 Å². The first kappa shape index (κ1) is 25.3. The maximum atomic E-state index is 13.9. The van der Waals surface area contributed by atoms with Crippen LogP contribution < -0.4 is 4.90 Å². The number of hydrogen-bond donors (Lipinski definition) is 1. The highest BCUT2D eigenvalue weighted by molar-refractivity contribution is 6.31. The highest BCUT2D eigenvalue weighted by Gasteiger charge is 2.56. The summed E-state index contributed by atoms with van der Waals surface area (Å²) in [6.45, 7) is 5.39. The third-order valence-corrected chi connectivity index (χ3v) is 8.73. The van der Waals surface area contributed by atoms with E-state index in [-0.39, 0.29) is 35.6 Å². The molecule has 0 bridgehead atoms. The molecule has 0 saturated carbocycles. The predicted molar refractivity (Wildman–Crippen MR) is 147 cm³/mol. The van der Waals surface area contributed by atoms with E-state index in [4.69, 9.17) is 11.6 Å². The van der Waals surface area contributed by atoms with Crippen molar-refractivity contribution in [3.63, 3.8) is 0 Å². The molecule has 1 heterocycles. The van der Waals surface area contributed by atoms with Gasteiger partial charge in [-0.05, 0) is 68.0 Å². The summed E-state index contributed by atoms with van der Waals surface area (Å²) in [5.41, 5.74) is 3.49. The maximum Gasteiger partial charge on any atom is 0.238 e. The van der Waals surface area contributed by atoms with Gasteiger partial charge in [-0.3, -0.25) is 24.1 Å². The normalized spacial score (nSPS) is 26.2. The zero-order chi connectivity index (χ0) is 27.6. The summed E-state index contributed by atoms with van der Waals surface area (Å²) >= 11 is 6.03. The van der Waals surface area contributed by atoms with Crippen molar-refractivity contribution in [2.45, 2.75) is 32.1 Å². The minimum Gasteiger partial charge on any atom is -0.507 e. The molecule has 7 heteroatoms. The van der Waals surface area contributed by atoms with Crippen LogP contribution in [-0.2, 0) is 25.6 Å². The van der Waals surface area contributed by atoms with Gasteiger partial charge in [-0.25, -0.2) is 0 Å². The molecule has 4 aliphatic rings. The summed E-state index contributed by atoms with van der Waals surface area (Å²) in [7, 11) is 0. The van der Waals surface area contributed by atoms with Crippen molar-refractivity contribution in [1.29, 1.82) is 0 Å². The van der Waals surface area contributed by atoms with Crippen molar-refractivity contribution in [3.05, 3.63) is 106 Å². The number of Topliss-reactive ketones (excluding diaryl/α,β-unsaturated/α-hetero) is 1. The number of allylic oxidation sites excluding steroid dienone is 7. The van der Waals surface area contributed by atoms with Gasteiger partial charge in [0.15, 0.2) is 11.6 Å². The van der Waals surface area contributed by atoms with Crippen LogP contribution in [0.1, 0.15) is 36.8 Å². The number of imide groups is 1. The Morgan fingerprint density at radius 1 is 1.05 bits per heavy atom. The van der Waals surface area contributed by atoms with E-state index >= 15 is 0 Å². The van der Waals surface area contributed by atoms with Crippen molar-refractivity contribution < 1.29 is 24.3 Å². The molecular formula is C32H26ClNO5. The number of anilines is 1. The fourth-order valence-corrected chi connectivity index (χ4v) is 6.85. The van der Waals surface area contributed by atoms with E-state index < -0.39 is 23.7 Å². The number of phenols is 1. The highest BCUT2D eigenvalue weighted by Crippen LogP contribution is 2.56. The summed E-state index contributed by atoms with van der Waals surface area (Å²) < 4.78 is 0. The Balaban J connectivity index is 1.50. The molecule has 6 rings (SSSR count). The lowest BCUT2D eigenvalue weighted by Gasteiger charge is -2.42. The highest BCUT2D eigenvalue weighted by atomic mass is 35.5. The minimum atomic E-state index is -0.697. The number of halogens is 1. The lowest BCUT2D eigenvalue weighted by atomic mass is 9.59. The number of carbonyl (C=O) groups is 4. The summed E-state index contributed by atoms with van der Waals surface area (Å²) in [5.74, 6) is -3.47. The average molecular weight is 540 g/mol. The molecule has 39 heavy (non-hydrogen) atoms. The van der Waals surface area contributed by atoms with E-state index in [9.17, 15) is 24.3 Å². The average Bonchev–Trinajstić information content (AvgIpc) is 3.18. The van der Waals surface area contributed by atoms with Gasteiger partial charge in [-0.2, -0.15) is 0 Å². The number of phenolic OH excluding ortho intramolecular Hbond substituents is 1. The summed E-state index contributed by atoms with van der Waals surface area (Å²) in [6.07, 6.45) is 5.93. The monoisotopic (exact) mass is 539 g/mol. The van der Waals surface area contributed by atoms with E-state index in [1.165, 1.54) is 11.0 Å². The molecular weight excluding hydrogens is 514 g/mol. The zero-order valence-electron chi connectivity index (χ0n) is 21.3. The van der Waals surface area contributed by atoms with Gasteiger partial charge < -0.3 is 5.11 Å². The number of nitrogens with zero attached hydrogens (tertiary/aromatic N) is 1. The Morgan fingerprint density at radius 2 is 1.79 bits per heavy atom. The van der Waals surface area contributed by atoms with Crippen LogP contribution in [0.25, 0.3) is 0 Å². The van der Waals surface area contributed by atoms with Crippen molar-refractivity contribution in [3.8, 4) is 5.75 Å². The number of aromatic hydroxyl groups is 1. The molecule has 2 aromatic rings. The van der Waals surface area contributed by atoms with E-state index in [2.05, 4.69) is 6.58 Å². The predicted octanol–water partition coefficient (Wildman–Crippen LogP) is 5.41.